The Bertz CT molecular complexity index is 1540. The molecule has 4 aromatic rings. The Morgan fingerprint density at radius 3 is 2.41 bits per heavy atom. The summed E-state index contributed by atoms with van der Waals surface area (Å²) >= 11 is 1.19. The maximum absolute atomic E-state index is 14.9. The van der Waals surface area contributed by atoms with Crippen LogP contribution in [0.3, 0.4) is 0 Å². The number of hydrogen-bond acceptors (Lipinski definition) is 8. The van der Waals surface area contributed by atoms with E-state index in [1.165, 1.54) is 41.8 Å². The fourth-order valence-corrected chi connectivity index (χ4v) is 4.55. The summed E-state index contributed by atoms with van der Waals surface area (Å²) < 4.78 is 26.5. The zero-order valence-corrected chi connectivity index (χ0v) is 22.5. The number of nitrogens with zero attached hydrogens (tertiary/aromatic N) is 3. The second-order valence-electron chi connectivity index (χ2n) is 8.53. The van der Waals surface area contributed by atoms with Crippen molar-refractivity contribution in [3.63, 3.8) is 0 Å². The third-order valence-electron chi connectivity index (χ3n) is 5.62. The van der Waals surface area contributed by atoms with Crippen LogP contribution in [0, 0.1) is 5.82 Å². The third-order valence-corrected chi connectivity index (χ3v) is 6.75. The van der Waals surface area contributed by atoms with E-state index in [2.05, 4.69) is 15.6 Å². The molecule has 0 bridgehead atoms. The van der Waals surface area contributed by atoms with Gasteiger partial charge in [-0.3, -0.25) is 24.4 Å². The number of pyridine rings is 1. The van der Waals surface area contributed by atoms with Crippen molar-refractivity contribution in [1.82, 2.24) is 15.0 Å². The number of fused-ring (bicyclic) bond motifs is 1. The minimum absolute atomic E-state index is 0.0823. The van der Waals surface area contributed by atoms with E-state index >= 15 is 0 Å². The van der Waals surface area contributed by atoms with E-state index < -0.39 is 24.1 Å². The van der Waals surface area contributed by atoms with Gasteiger partial charge in [-0.15, -0.1) is 11.3 Å². The van der Waals surface area contributed by atoms with Gasteiger partial charge in [0, 0.05) is 45.2 Å². The maximum Gasteiger partial charge on any atom is 0.278 e. The largest absolute Gasteiger partial charge is 0.495 e. The lowest BCUT2D eigenvalue weighted by molar-refractivity contribution is -0.123. The molecule has 0 atom stereocenters. The molecule has 2 aromatic heterocycles. The monoisotopic (exact) mass is 551 g/mol. The van der Waals surface area contributed by atoms with Crippen LogP contribution in [0.2, 0.25) is 0 Å². The first-order valence-electron chi connectivity index (χ1n) is 11.7. The van der Waals surface area contributed by atoms with E-state index in [0.29, 0.717) is 32.3 Å². The molecule has 0 fully saturated rings. The van der Waals surface area contributed by atoms with E-state index in [1.54, 1.807) is 62.6 Å². The number of hydrogen-bond donors (Lipinski definition) is 2. The number of carbonyl (C=O) groups excluding carboxylic acids is 3. The highest BCUT2D eigenvalue weighted by atomic mass is 32.1. The molecule has 0 unspecified atom stereocenters. The summed E-state index contributed by atoms with van der Waals surface area (Å²) in [6, 6.07) is 14.0. The number of benzene rings is 2. The molecule has 3 amide bonds. The lowest BCUT2D eigenvalue weighted by atomic mass is 10.2. The molecule has 0 saturated carbocycles. The Labute approximate surface area is 227 Å². The number of para-hydroxylation sites is 2. The van der Waals surface area contributed by atoms with Crippen molar-refractivity contribution >= 4 is 50.6 Å². The Hall–Kier alpha value is -4.55. The van der Waals surface area contributed by atoms with Gasteiger partial charge in [0.2, 0.25) is 11.8 Å². The minimum atomic E-state index is -0.726. The summed E-state index contributed by atoms with van der Waals surface area (Å²) in [5, 5.41) is 8.23. The second-order valence-corrected chi connectivity index (χ2v) is 9.58. The molecule has 12 heteroatoms. The summed E-state index contributed by atoms with van der Waals surface area (Å²) in [5.41, 5.74) is 1.14. The first-order valence-corrected chi connectivity index (χ1v) is 12.5. The van der Waals surface area contributed by atoms with E-state index in [9.17, 15) is 18.8 Å². The van der Waals surface area contributed by atoms with Crippen LogP contribution in [0.25, 0.3) is 10.2 Å². The summed E-state index contributed by atoms with van der Waals surface area (Å²) in [6.07, 6.45) is 1.03. The Morgan fingerprint density at radius 2 is 1.69 bits per heavy atom. The fraction of sp³-hybridized carbons (Fsp3) is 0.185. The van der Waals surface area contributed by atoms with Gasteiger partial charge in [0.15, 0.2) is 11.6 Å². The molecule has 2 aromatic carbocycles. The standard InChI is InChI=1S/C27H26FN5O5S/c1-32(2)33(3)27(36)23-14-19-26(39-23)22(11-12-29-19)38-20-10-9-16(13-17(20)28)30-24(34)15-25(35)31-18-7-5-6-8-21(18)37-4/h5-14H,15H2,1-4H3,(H,30,34)(H,31,35). The van der Waals surface area contributed by atoms with Gasteiger partial charge in [0.05, 0.1) is 27.9 Å². The number of thiophene rings is 1. The predicted molar refractivity (Wildman–Crippen MR) is 147 cm³/mol. The van der Waals surface area contributed by atoms with Gasteiger partial charge >= 0.3 is 0 Å². The Balaban J connectivity index is 1.42. The van der Waals surface area contributed by atoms with Gasteiger partial charge in [-0.2, -0.15) is 0 Å². The number of anilines is 2. The molecule has 202 valence electrons. The molecule has 0 aliphatic carbocycles. The molecule has 2 N–H and O–H groups in total. The van der Waals surface area contributed by atoms with E-state index in [0.717, 1.165) is 6.07 Å². The quantitative estimate of drug-likeness (QED) is 0.228. The van der Waals surface area contributed by atoms with Gasteiger partial charge in [0.25, 0.3) is 5.91 Å². The average molecular weight is 552 g/mol. The Morgan fingerprint density at radius 1 is 0.949 bits per heavy atom. The summed E-state index contributed by atoms with van der Waals surface area (Å²) in [4.78, 5) is 42.1. The first-order chi connectivity index (χ1) is 18.7. The maximum atomic E-state index is 14.9. The normalized spacial score (nSPS) is 10.8. The average Bonchev–Trinajstić information content (AvgIpc) is 3.35. The molecule has 2 heterocycles. The topological polar surface area (TPSA) is 113 Å². The van der Waals surface area contributed by atoms with E-state index in [-0.39, 0.29) is 17.3 Å². The lowest BCUT2D eigenvalue weighted by Crippen LogP contribution is -2.38. The Kier molecular flexibility index (Phi) is 8.37. The number of nitrogens with one attached hydrogen (secondary N) is 2. The zero-order chi connectivity index (χ0) is 28.1. The fourth-order valence-electron chi connectivity index (χ4n) is 3.51. The van der Waals surface area contributed by atoms with Crippen molar-refractivity contribution in [2.75, 3.05) is 38.9 Å². The highest BCUT2D eigenvalue weighted by molar-refractivity contribution is 7.21. The van der Waals surface area contributed by atoms with Gasteiger partial charge in [-0.1, -0.05) is 12.1 Å². The van der Waals surface area contributed by atoms with Crippen LogP contribution in [0.5, 0.6) is 17.2 Å². The molecule has 0 saturated heterocycles. The van der Waals surface area contributed by atoms with Crippen molar-refractivity contribution in [3.05, 3.63) is 71.5 Å². The van der Waals surface area contributed by atoms with E-state index in [4.69, 9.17) is 9.47 Å². The van der Waals surface area contributed by atoms with Crippen molar-refractivity contribution in [2.24, 2.45) is 0 Å². The van der Waals surface area contributed by atoms with Crippen LogP contribution in [0.1, 0.15) is 16.1 Å². The first kappa shape index (κ1) is 27.5. The van der Waals surface area contributed by atoms with E-state index in [1.807, 2.05) is 0 Å². The zero-order valence-electron chi connectivity index (χ0n) is 21.6. The summed E-state index contributed by atoms with van der Waals surface area (Å²) in [6.45, 7) is 0. The smallest absolute Gasteiger partial charge is 0.278 e. The minimum Gasteiger partial charge on any atom is -0.495 e. The van der Waals surface area contributed by atoms with Gasteiger partial charge in [-0.25, -0.2) is 9.40 Å². The molecule has 0 aliphatic heterocycles. The van der Waals surface area contributed by atoms with Gasteiger partial charge in [-0.05, 0) is 30.3 Å². The third kappa shape index (κ3) is 6.48. The molecule has 0 aliphatic rings. The summed E-state index contributed by atoms with van der Waals surface area (Å²) in [7, 11) is 6.63. The molecule has 10 nitrogen and oxygen atoms in total. The lowest BCUT2D eigenvalue weighted by Gasteiger charge is -2.23. The highest BCUT2D eigenvalue weighted by Crippen LogP contribution is 2.36. The number of amides is 3. The molecule has 0 spiro atoms. The van der Waals surface area contributed by atoms with Crippen LogP contribution in [-0.4, -0.2) is 61.0 Å². The number of rotatable bonds is 9. The van der Waals surface area contributed by atoms with Crippen LogP contribution >= 0.6 is 11.3 Å². The molecule has 4 rings (SSSR count). The number of methoxy groups -OCH3 is 1. The molecule has 0 radical (unpaired) electrons. The van der Waals surface area contributed by atoms with Crippen LogP contribution in [0.15, 0.2) is 60.8 Å². The molecular formula is C27H26FN5O5S. The second kappa shape index (κ2) is 11.9. The SMILES string of the molecule is COc1ccccc1NC(=O)CC(=O)Nc1ccc(Oc2ccnc3cc(C(=O)N(C)N(C)C)sc23)c(F)c1. The predicted octanol–water partition coefficient (Wildman–Crippen LogP) is 4.75. The van der Waals surface area contributed by atoms with Gasteiger partial charge < -0.3 is 20.1 Å². The van der Waals surface area contributed by atoms with Crippen LogP contribution < -0.4 is 20.1 Å². The highest BCUT2D eigenvalue weighted by Gasteiger charge is 2.20. The molecular weight excluding hydrogens is 525 g/mol. The number of hydrazine groups is 1. The summed E-state index contributed by atoms with van der Waals surface area (Å²) in [5.74, 6) is -1.40. The number of halogens is 1. The van der Waals surface area contributed by atoms with Crippen molar-refractivity contribution in [1.29, 1.82) is 0 Å². The van der Waals surface area contributed by atoms with Crippen molar-refractivity contribution in [2.45, 2.75) is 6.42 Å². The van der Waals surface area contributed by atoms with Crippen LogP contribution in [0.4, 0.5) is 15.8 Å². The molecule has 39 heavy (non-hydrogen) atoms. The van der Waals surface area contributed by atoms with Crippen molar-refractivity contribution < 1.29 is 28.2 Å². The van der Waals surface area contributed by atoms with Crippen LogP contribution in [-0.2, 0) is 9.59 Å². The number of ether oxygens (including phenoxy) is 2. The van der Waals surface area contributed by atoms with Gasteiger partial charge in [0.1, 0.15) is 17.9 Å². The number of carbonyl (C=O) groups is 3. The number of aromatic nitrogens is 1. The van der Waals surface area contributed by atoms with Crippen molar-refractivity contribution in [3.8, 4) is 17.2 Å².